The van der Waals surface area contributed by atoms with Crippen molar-refractivity contribution in [3.05, 3.63) is 59.7 Å². The van der Waals surface area contributed by atoms with Crippen LogP contribution in [0.4, 0.5) is 4.79 Å². The maximum absolute atomic E-state index is 12.7. The number of carbonyl (C=O) groups is 4. The lowest BCUT2D eigenvalue weighted by Gasteiger charge is -2.25. The molecule has 35 heavy (non-hydrogen) atoms. The fourth-order valence-electron chi connectivity index (χ4n) is 4.10. The predicted molar refractivity (Wildman–Crippen MR) is 125 cm³/mol. The van der Waals surface area contributed by atoms with Crippen molar-refractivity contribution in [2.45, 2.75) is 51.2 Å². The topological polar surface area (TPSA) is 111 Å². The van der Waals surface area contributed by atoms with E-state index in [1.165, 1.54) is 0 Å². The molecule has 0 saturated carbocycles. The molecule has 0 aromatic heterocycles. The van der Waals surface area contributed by atoms with Crippen LogP contribution in [0.3, 0.4) is 0 Å². The summed E-state index contributed by atoms with van der Waals surface area (Å²) in [7, 11) is 0. The molecule has 3 amide bonds. The zero-order valence-electron chi connectivity index (χ0n) is 19.9. The fourth-order valence-corrected chi connectivity index (χ4v) is 4.10. The number of amides is 3. The molecule has 2 aromatic carbocycles. The average Bonchev–Trinajstić information content (AvgIpc) is 3.31. The Morgan fingerprint density at radius 3 is 2.06 bits per heavy atom. The Kier molecular flexibility index (Phi) is 6.88. The average molecular weight is 481 g/mol. The lowest BCUT2D eigenvalue weighted by Crippen LogP contribution is -2.49. The normalized spacial score (nSPS) is 16.0. The highest BCUT2D eigenvalue weighted by atomic mass is 16.7. The van der Waals surface area contributed by atoms with Gasteiger partial charge in [0.1, 0.15) is 6.61 Å². The summed E-state index contributed by atoms with van der Waals surface area (Å²) in [5, 5.41) is 2.89. The van der Waals surface area contributed by atoms with Crippen LogP contribution in [0.25, 0.3) is 11.1 Å². The Morgan fingerprint density at radius 2 is 1.51 bits per heavy atom. The second kappa shape index (κ2) is 9.87. The van der Waals surface area contributed by atoms with Gasteiger partial charge in [-0.15, -0.1) is 5.06 Å². The highest BCUT2D eigenvalue weighted by molar-refractivity contribution is 6.01. The van der Waals surface area contributed by atoms with E-state index in [9.17, 15) is 19.2 Å². The third kappa shape index (κ3) is 5.51. The van der Waals surface area contributed by atoms with Crippen molar-refractivity contribution < 1.29 is 33.5 Å². The maximum atomic E-state index is 12.7. The summed E-state index contributed by atoms with van der Waals surface area (Å²) >= 11 is 0. The van der Waals surface area contributed by atoms with E-state index < -0.39 is 35.5 Å². The predicted octanol–water partition coefficient (Wildman–Crippen LogP) is 3.32. The molecule has 1 saturated heterocycles. The van der Waals surface area contributed by atoms with Gasteiger partial charge in [-0.1, -0.05) is 48.5 Å². The molecule has 9 nitrogen and oxygen atoms in total. The summed E-state index contributed by atoms with van der Waals surface area (Å²) in [4.78, 5) is 54.0. The molecule has 1 atom stereocenters. The molecule has 1 aliphatic carbocycles. The van der Waals surface area contributed by atoms with Crippen LogP contribution in [0.5, 0.6) is 0 Å². The SMILES string of the molecule is CC(C)(C)OC[C@H](NC(=O)OCC1c2ccccc2-c2ccccc21)C(=O)ON1C(=O)CCC1=O. The smallest absolute Gasteiger partial charge is 0.407 e. The van der Waals surface area contributed by atoms with E-state index in [2.05, 4.69) is 5.32 Å². The lowest BCUT2D eigenvalue weighted by atomic mass is 9.98. The van der Waals surface area contributed by atoms with E-state index in [1.54, 1.807) is 20.8 Å². The van der Waals surface area contributed by atoms with Gasteiger partial charge in [-0.25, -0.2) is 9.59 Å². The molecule has 0 unspecified atom stereocenters. The third-order valence-corrected chi connectivity index (χ3v) is 5.79. The molecular weight excluding hydrogens is 452 g/mol. The van der Waals surface area contributed by atoms with Gasteiger partial charge < -0.3 is 19.6 Å². The van der Waals surface area contributed by atoms with Crippen LogP contribution in [0.2, 0.25) is 0 Å². The summed E-state index contributed by atoms with van der Waals surface area (Å²) < 4.78 is 11.1. The summed E-state index contributed by atoms with van der Waals surface area (Å²) in [5.74, 6) is -2.37. The van der Waals surface area contributed by atoms with Crippen LogP contribution in [0.1, 0.15) is 50.7 Å². The van der Waals surface area contributed by atoms with Crippen molar-refractivity contribution in [2.24, 2.45) is 0 Å². The first-order chi connectivity index (χ1) is 16.6. The highest BCUT2D eigenvalue weighted by Gasteiger charge is 2.36. The number of imide groups is 1. The Hall–Kier alpha value is -3.72. The summed E-state index contributed by atoms with van der Waals surface area (Å²) in [6, 6.07) is 14.6. The van der Waals surface area contributed by atoms with E-state index in [0.717, 1.165) is 22.3 Å². The molecule has 0 bridgehead atoms. The van der Waals surface area contributed by atoms with Crippen molar-refractivity contribution >= 4 is 23.9 Å². The zero-order valence-corrected chi connectivity index (χ0v) is 19.9. The van der Waals surface area contributed by atoms with Crippen LogP contribution in [-0.2, 0) is 28.7 Å². The molecule has 1 heterocycles. The zero-order chi connectivity index (χ0) is 25.2. The number of nitrogens with zero attached hydrogens (tertiary/aromatic N) is 1. The Bertz CT molecular complexity index is 1090. The summed E-state index contributed by atoms with van der Waals surface area (Å²) in [6.07, 6.45) is -0.908. The Labute approximate surface area is 203 Å². The van der Waals surface area contributed by atoms with Crippen LogP contribution < -0.4 is 5.32 Å². The Balaban J connectivity index is 1.43. The number of hydrogen-bond donors (Lipinski definition) is 1. The summed E-state index contributed by atoms with van der Waals surface area (Å²) in [5.41, 5.74) is 3.69. The molecule has 1 N–H and O–H groups in total. The highest BCUT2D eigenvalue weighted by Crippen LogP contribution is 2.44. The number of rotatable bonds is 7. The lowest BCUT2D eigenvalue weighted by molar-refractivity contribution is -0.200. The van der Waals surface area contributed by atoms with Crippen LogP contribution >= 0.6 is 0 Å². The van der Waals surface area contributed by atoms with Gasteiger partial charge in [0.15, 0.2) is 6.04 Å². The van der Waals surface area contributed by atoms with Crippen molar-refractivity contribution in [1.82, 2.24) is 10.4 Å². The van der Waals surface area contributed by atoms with E-state index >= 15 is 0 Å². The molecule has 1 aliphatic heterocycles. The Morgan fingerprint density at radius 1 is 0.971 bits per heavy atom. The standard InChI is InChI=1S/C26H28N2O7/c1-26(2,3)34-15-21(24(31)35-28-22(29)12-13-23(28)30)27-25(32)33-14-20-18-10-6-4-8-16(18)17-9-5-7-11-19(17)20/h4-11,20-21H,12-15H2,1-3H3,(H,27,32)/t21-/m0/s1. The largest absolute Gasteiger partial charge is 0.449 e. The number of hydrogen-bond acceptors (Lipinski definition) is 7. The van der Waals surface area contributed by atoms with Gasteiger partial charge in [0.05, 0.1) is 12.2 Å². The molecule has 9 heteroatoms. The molecule has 0 radical (unpaired) electrons. The maximum Gasteiger partial charge on any atom is 0.407 e. The van der Waals surface area contributed by atoms with Crippen LogP contribution in [0.15, 0.2) is 48.5 Å². The molecule has 0 spiro atoms. The van der Waals surface area contributed by atoms with Gasteiger partial charge >= 0.3 is 12.1 Å². The number of carbonyl (C=O) groups excluding carboxylic acids is 4. The molecule has 1 fully saturated rings. The van der Waals surface area contributed by atoms with Crippen molar-refractivity contribution in [3.63, 3.8) is 0 Å². The number of benzene rings is 2. The summed E-state index contributed by atoms with van der Waals surface area (Å²) in [6.45, 7) is 5.19. The van der Waals surface area contributed by atoms with Crippen molar-refractivity contribution in [2.75, 3.05) is 13.2 Å². The fraction of sp³-hybridized carbons (Fsp3) is 0.385. The first-order valence-corrected chi connectivity index (χ1v) is 11.5. The number of fused-ring (bicyclic) bond motifs is 3. The van der Waals surface area contributed by atoms with E-state index in [1.807, 2.05) is 48.5 Å². The molecular formula is C26H28N2O7. The van der Waals surface area contributed by atoms with Crippen molar-refractivity contribution in [3.8, 4) is 11.1 Å². The van der Waals surface area contributed by atoms with Gasteiger partial charge in [0, 0.05) is 18.8 Å². The number of nitrogens with one attached hydrogen (secondary N) is 1. The van der Waals surface area contributed by atoms with Crippen LogP contribution in [-0.4, -0.2) is 53.8 Å². The van der Waals surface area contributed by atoms with E-state index in [0.29, 0.717) is 5.06 Å². The minimum Gasteiger partial charge on any atom is -0.449 e. The quantitative estimate of drug-likeness (QED) is 0.605. The second-order valence-electron chi connectivity index (χ2n) is 9.44. The van der Waals surface area contributed by atoms with E-state index in [4.69, 9.17) is 14.3 Å². The number of hydroxylamine groups is 2. The number of alkyl carbamates (subject to hydrolysis) is 1. The molecule has 184 valence electrons. The molecule has 4 rings (SSSR count). The molecule has 2 aliphatic rings. The first-order valence-electron chi connectivity index (χ1n) is 11.5. The minimum atomic E-state index is -1.29. The minimum absolute atomic E-state index is 0.0327. The van der Waals surface area contributed by atoms with Gasteiger partial charge in [-0.2, -0.15) is 0 Å². The van der Waals surface area contributed by atoms with Crippen LogP contribution in [0, 0.1) is 0 Å². The van der Waals surface area contributed by atoms with Gasteiger partial charge in [0.2, 0.25) is 0 Å². The number of ether oxygens (including phenoxy) is 2. The second-order valence-corrected chi connectivity index (χ2v) is 9.44. The monoisotopic (exact) mass is 480 g/mol. The van der Waals surface area contributed by atoms with Gasteiger partial charge in [-0.3, -0.25) is 9.59 Å². The van der Waals surface area contributed by atoms with Crippen molar-refractivity contribution in [1.29, 1.82) is 0 Å². The van der Waals surface area contributed by atoms with E-state index in [-0.39, 0.29) is 32.0 Å². The van der Waals surface area contributed by atoms with Gasteiger partial charge in [0.25, 0.3) is 11.8 Å². The first kappa shape index (κ1) is 24.4. The molecule has 2 aromatic rings. The van der Waals surface area contributed by atoms with Gasteiger partial charge in [-0.05, 0) is 43.0 Å². The third-order valence-electron chi connectivity index (χ3n) is 5.79.